The molecule has 40 heavy (non-hydrogen) atoms. The van der Waals surface area contributed by atoms with E-state index in [-0.39, 0.29) is 38.0 Å². The normalized spacial score (nSPS) is 19.6. The first-order chi connectivity index (χ1) is 19.2. The fourth-order valence-corrected chi connectivity index (χ4v) is 6.55. The van der Waals surface area contributed by atoms with Crippen molar-refractivity contribution in [3.8, 4) is 11.5 Å². The molecule has 0 saturated carbocycles. The topological polar surface area (TPSA) is 113 Å². The Hall–Kier alpha value is -3.96. The molecule has 1 aromatic heterocycles. The van der Waals surface area contributed by atoms with Crippen molar-refractivity contribution in [1.29, 1.82) is 0 Å². The Labute approximate surface area is 232 Å². The molecule has 11 heteroatoms. The van der Waals surface area contributed by atoms with Gasteiger partial charge in [-0.05, 0) is 72.9 Å². The summed E-state index contributed by atoms with van der Waals surface area (Å²) < 4.78 is 46.1. The average Bonchev–Trinajstić information content (AvgIpc) is 3.33. The predicted octanol–water partition coefficient (Wildman–Crippen LogP) is 4.17. The highest BCUT2D eigenvalue weighted by molar-refractivity contribution is 7.84. The highest BCUT2D eigenvalue weighted by Gasteiger charge is 2.33. The third-order valence-corrected chi connectivity index (χ3v) is 8.90. The highest BCUT2D eigenvalue weighted by atomic mass is 32.2. The summed E-state index contributed by atoms with van der Waals surface area (Å²) in [6.45, 7) is 7.08. The van der Waals surface area contributed by atoms with Gasteiger partial charge in [-0.3, -0.25) is 4.79 Å². The largest absolute Gasteiger partial charge is 0.492 e. The van der Waals surface area contributed by atoms with Gasteiger partial charge in [0.1, 0.15) is 23.6 Å². The lowest BCUT2D eigenvalue weighted by atomic mass is 9.84. The number of hydrogen-bond donors (Lipinski definition) is 0. The predicted molar refractivity (Wildman–Crippen MR) is 147 cm³/mol. The molecule has 0 saturated heterocycles. The summed E-state index contributed by atoms with van der Waals surface area (Å²) in [5.74, 6) is 0.278. The second-order valence-electron chi connectivity index (χ2n) is 10.1. The van der Waals surface area contributed by atoms with E-state index in [1.165, 1.54) is 4.31 Å². The third kappa shape index (κ3) is 4.79. The average molecular weight is 563 g/mol. The Morgan fingerprint density at radius 2 is 1.90 bits per heavy atom. The zero-order chi connectivity index (χ0) is 28.0. The number of ether oxygens (including phenoxy) is 2. The number of benzene rings is 3. The number of carbonyl (C=O) groups is 1. The molecule has 4 heterocycles. The van der Waals surface area contributed by atoms with Crippen molar-refractivity contribution >= 4 is 27.3 Å². The molecule has 0 fully saturated rings. The van der Waals surface area contributed by atoms with Crippen LogP contribution in [0, 0.1) is 13.8 Å². The summed E-state index contributed by atoms with van der Waals surface area (Å²) in [7, 11) is -4.01. The van der Waals surface area contributed by atoms with Crippen LogP contribution in [0.25, 0.3) is 11.0 Å². The quantitative estimate of drug-likeness (QED) is 0.342. The van der Waals surface area contributed by atoms with Gasteiger partial charge in [0.15, 0.2) is 0 Å². The van der Waals surface area contributed by atoms with Crippen LogP contribution < -0.4 is 8.92 Å². The molecule has 0 N–H and O–H groups in total. The van der Waals surface area contributed by atoms with Gasteiger partial charge in [0, 0.05) is 24.6 Å². The Morgan fingerprint density at radius 3 is 2.73 bits per heavy atom. The Kier molecular flexibility index (Phi) is 6.71. The number of nitrogens with zero attached hydrogens (tertiary/aromatic N) is 4. The lowest BCUT2D eigenvalue weighted by molar-refractivity contribution is -0.143. The van der Waals surface area contributed by atoms with E-state index in [0.717, 1.165) is 44.4 Å². The van der Waals surface area contributed by atoms with Crippen LogP contribution >= 0.6 is 0 Å². The second kappa shape index (κ2) is 10.2. The molecule has 0 amide bonds. The van der Waals surface area contributed by atoms with Crippen molar-refractivity contribution in [2.75, 3.05) is 13.2 Å². The van der Waals surface area contributed by atoms with E-state index in [2.05, 4.69) is 10.3 Å². The van der Waals surface area contributed by atoms with E-state index in [1.54, 1.807) is 23.7 Å². The van der Waals surface area contributed by atoms with Gasteiger partial charge in [-0.1, -0.05) is 29.5 Å². The van der Waals surface area contributed by atoms with Crippen molar-refractivity contribution in [1.82, 2.24) is 19.3 Å². The molecule has 7 rings (SSSR count). The first-order valence-corrected chi connectivity index (χ1v) is 14.6. The molecular formula is C29H30N4O6S. The maximum atomic E-state index is 13.1. The molecule has 0 aliphatic carbocycles. The summed E-state index contributed by atoms with van der Waals surface area (Å²) in [6.07, 6.45) is 0.131. The standard InChI is InChI=1S/C29H30N4O6S/c1-4-37-28(34)15-25-20-6-5-18(2)21(13-20)16-32-17-22-14-23(7-10-27(22)39-40(32,35)36)38-12-11-33-26-9-8-24(25)19(3)29(26)30-31-33/h5-10,13-14,25H,4,11-12,15-17H2,1-3H3. The molecule has 0 spiro atoms. The van der Waals surface area contributed by atoms with Crippen molar-refractivity contribution in [2.24, 2.45) is 0 Å². The van der Waals surface area contributed by atoms with E-state index in [1.807, 2.05) is 50.2 Å². The lowest BCUT2D eigenvalue weighted by Gasteiger charge is -2.29. The molecule has 10 nitrogen and oxygen atoms in total. The number of aryl methyl sites for hydroxylation is 2. The summed E-state index contributed by atoms with van der Waals surface area (Å²) in [5, 5.41) is 8.84. The number of aromatic nitrogens is 3. The van der Waals surface area contributed by atoms with Crippen molar-refractivity contribution < 1.29 is 26.9 Å². The molecule has 3 aliphatic rings. The van der Waals surface area contributed by atoms with Crippen molar-refractivity contribution in [3.63, 3.8) is 0 Å². The van der Waals surface area contributed by atoms with Crippen LogP contribution in [-0.2, 0) is 39.5 Å². The summed E-state index contributed by atoms with van der Waals surface area (Å²) in [6, 6.07) is 15.1. The van der Waals surface area contributed by atoms with E-state index in [9.17, 15) is 13.2 Å². The first kappa shape index (κ1) is 26.3. The van der Waals surface area contributed by atoms with E-state index in [0.29, 0.717) is 24.7 Å². The lowest BCUT2D eigenvalue weighted by Crippen LogP contribution is -2.37. The molecule has 208 valence electrons. The number of fused-ring (bicyclic) bond motifs is 3. The van der Waals surface area contributed by atoms with E-state index < -0.39 is 10.3 Å². The highest BCUT2D eigenvalue weighted by Crippen LogP contribution is 2.37. The Balaban J connectivity index is 1.51. The molecule has 9 bridgehead atoms. The number of hydrogen-bond acceptors (Lipinski definition) is 8. The van der Waals surface area contributed by atoms with Gasteiger partial charge in [0.05, 0.1) is 25.1 Å². The molecule has 3 aliphatic heterocycles. The van der Waals surface area contributed by atoms with Gasteiger partial charge in [0.2, 0.25) is 0 Å². The molecule has 3 aromatic carbocycles. The van der Waals surface area contributed by atoms with Gasteiger partial charge in [-0.15, -0.1) is 5.10 Å². The van der Waals surface area contributed by atoms with Crippen LogP contribution in [0.5, 0.6) is 11.5 Å². The Bertz CT molecular complexity index is 1730. The molecule has 0 radical (unpaired) electrons. The monoisotopic (exact) mass is 562 g/mol. The van der Waals surface area contributed by atoms with Crippen LogP contribution in [0.1, 0.15) is 52.6 Å². The number of rotatable bonds is 3. The summed E-state index contributed by atoms with van der Waals surface area (Å²) in [4.78, 5) is 12.8. The molecule has 2 atom stereocenters. The fraction of sp³-hybridized carbons (Fsp3) is 0.345. The smallest absolute Gasteiger partial charge is 0.385 e. The van der Waals surface area contributed by atoms with Crippen molar-refractivity contribution in [3.05, 3.63) is 81.9 Å². The number of carbonyl (C=O) groups excluding carboxylic acids is 1. The zero-order valence-corrected chi connectivity index (χ0v) is 23.4. The minimum absolute atomic E-state index is 0.116. The number of esters is 1. The van der Waals surface area contributed by atoms with Crippen LogP contribution in [0.2, 0.25) is 0 Å². The van der Waals surface area contributed by atoms with Crippen LogP contribution in [0.15, 0.2) is 48.5 Å². The van der Waals surface area contributed by atoms with Crippen LogP contribution in [0.4, 0.5) is 0 Å². The van der Waals surface area contributed by atoms with E-state index in [4.69, 9.17) is 13.7 Å². The van der Waals surface area contributed by atoms with Crippen LogP contribution in [-0.4, -0.2) is 46.9 Å². The fourth-order valence-electron chi connectivity index (χ4n) is 5.46. The zero-order valence-electron chi connectivity index (χ0n) is 22.6. The summed E-state index contributed by atoms with van der Waals surface area (Å²) in [5.41, 5.74) is 6.86. The summed E-state index contributed by atoms with van der Waals surface area (Å²) >= 11 is 0. The minimum atomic E-state index is -4.01. The van der Waals surface area contributed by atoms with Gasteiger partial charge in [-0.25, -0.2) is 4.68 Å². The van der Waals surface area contributed by atoms with Crippen molar-refractivity contribution in [2.45, 2.75) is 52.7 Å². The minimum Gasteiger partial charge on any atom is -0.492 e. The van der Waals surface area contributed by atoms with Crippen LogP contribution in [0.3, 0.4) is 0 Å². The third-order valence-electron chi connectivity index (χ3n) is 7.62. The maximum Gasteiger partial charge on any atom is 0.385 e. The SMILES string of the molecule is CCOC(=O)CC1c2ccc(C)c(c2)CN2Cc3cc(ccc3OS2(=O)=O)OCCn2nnc3c(C)c1ccc32. The molecule has 4 aromatic rings. The van der Waals surface area contributed by atoms with Gasteiger partial charge in [0.25, 0.3) is 0 Å². The maximum absolute atomic E-state index is 13.1. The molecule has 2 unspecified atom stereocenters. The van der Waals surface area contributed by atoms with E-state index >= 15 is 0 Å². The van der Waals surface area contributed by atoms with Gasteiger partial charge in [-0.2, -0.15) is 12.7 Å². The van der Waals surface area contributed by atoms with Gasteiger partial charge >= 0.3 is 16.3 Å². The first-order valence-electron chi connectivity index (χ1n) is 13.3. The molecular weight excluding hydrogens is 532 g/mol. The second-order valence-corrected chi connectivity index (χ2v) is 11.7. The van der Waals surface area contributed by atoms with Gasteiger partial charge < -0.3 is 13.7 Å². The Morgan fingerprint density at radius 1 is 1.07 bits per heavy atom.